The highest BCUT2D eigenvalue weighted by Gasteiger charge is 2.49. The second-order valence-corrected chi connectivity index (χ2v) is 11.7. The van der Waals surface area contributed by atoms with E-state index in [1.807, 2.05) is 47.4 Å². The van der Waals surface area contributed by atoms with Crippen molar-refractivity contribution in [1.29, 1.82) is 0 Å². The number of sulfone groups is 1. The van der Waals surface area contributed by atoms with Gasteiger partial charge in [-0.15, -0.1) is 0 Å². The Bertz CT molecular complexity index is 1100. The summed E-state index contributed by atoms with van der Waals surface area (Å²) >= 11 is 7.56. The minimum atomic E-state index is -3.09. The van der Waals surface area contributed by atoms with E-state index in [4.69, 9.17) is 11.6 Å². The number of halogens is 1. The molecule has 2 fully saturated rings. The summed E-state index contributed by atoms with van der Waals surface area (Å²) in [4.78, 5) is 19.0. The number of hydrogen-bond acceptors (Lipinski definition) is 4. The van der Waals surface area contributed by atoms with Crippen molar-refractivity contribution in [2.75, 3.05) is 16.4 Å². The van der Waals surface area contributed by atoms with Crippen molar-refractivity contribution in [3.05, 3.63) is 64.7 Å². The van der Waals surface area contributed by atoms with Crippen molar-refractivity contribution in [2.24, 2.45) is 4.99 Å². The molecule has 8 heteroatoms. The first-order valence-corrected chi connectivity index (χ1v) is 12.9. The average molecular weight is 463 g/mol. The number of carbonyl (C=O) groups is 1. The SMILES string of the molecule is CC(C)c1ccc(N2C(=NC(=O)Cc3ccccc3Cl)SC3CS(=O)(=O)CC32)cc1. The van der Waals surface area contributed by atoms with Gasteiger partial charge in [-0.3, -0.25) is 4.79 Å². The van der Waals surface area contributed by atoms with Crippen molar-refractivity contribution >= 4 is 50.0 Å². The Morgan fingerprint density at radius 2 is 1.87 bits per heavy atom. The van der Waals surface area contributed by atoms with Gasteiger partial charge in [0.1, 0.15) is 0 Å². The minimum absolute atomic E-state index is 0.0777. The van der Waals surface area contributed by atoms with Crippen LogP contribution in [-0.2, 0) is 21.1 Å². The predicted molar refractivity (Wildman–Crippen MR) is 124 cm³/mol. The molecule has 0 radical (unpaired) electrons. The number of amides is 1. The molecule has 1 amide bonds. The molecule has 30 heavy (non-hydrogen) atoms. The predicted octanol–water partition coefficient (Wildman–Crippen LogP) is 4.31. The monoisotopic (exact) mass is 462 g/mol. The van der Waals surface area contributed by atoms with Crippen LogP contribution in [0.3, 0.4) is 0 Å². The molecule has 0 aromatic heterocycles. The fourth-order valence-corrected chi connectivity index (χ4v) is 7.97. The highest BCUT2D eigenvalue weighted by molar-refractivity contribution is 8.16. The van der Waals surface area contributed by atoms with Crippen molar-refractivity contribution < 1.29 is 13.2 Å². The van der Waals surface area contributed by atoms with Gasteiger partial charge in [0, 0.05) is 16.0 Å². The molecule has 2 atom stereocenters. The van der Waals surface area contributed by atoms with Gasteiger partial charge >= 0.3 is 0 Å². The molecule has 2 aliphatic heterocycles. The van der Waals surface area contributed by atoms with Crippen LogP contribution in [0.4, 0.5) is 5.69 Å². The van der Waals surface area contributed by atoms with E-state index in [-0.39, 0.29) is 35.1 Å². The largest absolute Gasteiger partial charge is 0.316 e. The van der Waals surface area contributed by atoms with Crippen LogP contribution in [0.1, 0.15) is 30.9 Å². The average Bonchev–Trinajstić information content (AvgIpc) is 3.14. The summed E-state index contributed by atoms with van der Waals surface area (Å²) in [5.41, 5.74) is 2.79. The first-order valence-electron chi connectivity index (χ1n) is 9.85. The maximum Gasteiger partial charge on any atom is 0.252 e. The van der Waals surface area contributed by atoms with Crippen LogP contribution in [0.5, 0.6) is 0 Å². The van der Waals surface area contributed by atoms with Crippen LogP contribution in [0.2, 0.25) is 5.02 Å². The normalized spacial score (nSPS) is 23.9. The van der Waals surface area contributed by atoms with Gasteiger partial charge in [0.25, 0.3) is 5.91 Å². The maximum atomic E-state index is 12.7. The molecule has 0 bridgehead atoms. The molecule has 0 N–H and O–H groups in total. The van der Waals surface area contributed by atoms with Crippen molar-refractivity contribution in [3.8, 4) is 0 Å². The molecule has 5 nitrogen and oxygen atoms in total. The van der Waals surface area contributed by atoms with E-state index >= 15 is 0 Å². The van der Waals surface area contributed by atoms with E-state index in [1.165, 1.54) is 17.3 Å². The highest BCUT2D eigenvalue weighted by Crippen LogP contribution is 2.41. The van der Waals surface area contributed by atoms with Crippen LogP contribution < -0.4 is 4.90 Å². The van der Waals surface area contributed by atoms with Gasteiger partial charge in [-0.25, -0.2) is 8.42 Å². The standard InChI is InChI=1S/C22H23ClN2O3S2/c1-14(2)15-7-9-17(10-8-15)25-19-12-30(27,28)13-20(19)29-22(25)24-21(26)11-16-5-3-4-6-18(16)23/h3-10,14,19-20H,11-13H2,1-2H3. The number of aliphatic imine (C=N–C) groups is 1. The number of amidine groups is 1. The van der Waals surface area contributed by atoms with Crippen LogP contribution >= 0.6 is 23.4 Å². The molecule has 2 aromatic carbocycles. The topological polar surface area (TPSA) is 66.8 Å². The number of rotatable bonds is 4. The molecule has 2 unspecified atom stereocenters. The summed E-state index contributed by atoms with van der Waals surface area (Å²) in [5, 5.41) is 0.982. The van der Waals surface area contributed by atoms with Gasteiger partial charge in [0.15, 0.2) is 15.0 Å². The summed E-state index contributed by atoms with van der Waals surface area (Å²) in [6.45, 7) is 4.25. The quantitative estimate of drug-likeness (QED) is 0.677. The van der Waals surface area contributed by atoms with E-state index in [0.717, 1.165) is 11.3 Å². The zero-order valence-corrected chi connectivity index (χ0v) is 19.2. The summed E-state index contributed by atoms with van der Waals surface area (Å²) in [6, 6.07) is 15.1. The first-order chi connectivity index (χ1) is 14.2. The zero-order valence-electron chi connectivity index (χ0n) is 16.8. The Labute approximate surface area is 186 Å². The van der Waals surface area contributed by atoms with Gasteiger partial charge < -0.3 is 4.90 Å². The first kappa shape index (κ1) is 21.4. The Morgan fingerprint density at radius 3 is 2.53 bits per heavy atom. The van der Waals surface area contributed by atoms with Gasteiger partial charge in [0.05, 0.1) is 24.0 Å². The van der Waals surface area contributed by atoms with Crippen molar-refractivity contribution in [2.45, 2.75) is 37.5 Å². The van der Waals surface area contributed by atoms with Gasteiger partial charge in [0.2, 0.25) is 0 Å². The lowest BCUT2D eigenvalue weighted by Gasteiger charge is -2.25. The minimum Gasteiger partial charge on any atom is -0.316 e. The third kappa shape index (κ3) is 4.43. The summed E-state index contributed by atoms with van der Waals surface area (Å²) < 4.78 is 24.4. The van der Waals surface area contributed by atoms with Crippen LogP contribution in [0.25, 0.3) is 0 Å². The number of carbonyl (C=O) groups excluding carboxylic acids is 1. The molecule has 2 aromatic rings. The second kappa shape index (κ2) is 8.36. The molecule has 4 rings (SSSR count). The Morgan fingerprint density at radius 1 is 1.17 bits per heavy atom. The molecule has 0 aliphatic carbocycles. The number of fused-ring (bicyclic) bond motifs is 1. The Hall–Kier alpha value is -1.83. The third-order valence-electron chi connectivity index (χ3n) is 5.42. The molecule has 158 valence electrons. The molecule has 0 saturated carbocycles. The smallest absolute Gasteiger partial charge is 0.252 e. The van der Waals surface area contributed by atoms with Crippen LogP contribution in [0.15, 0.2) is 53.5 Å². The van der Waals surface area contributed by atoms with E-state index in [2.05, 4.69) is 18.8 Å². The van der Waals surface area contributed by atoms with Gasteiger partial charge in [-0.2, -0.15) is 4.99 Å². The van der Waals surface area contributed by atoms with E-state index in [0.29, 0.717) is 16.1 Å². The molecule has 2 aliphatic rings. The van der Waals surface area contributed by atoms with Crippen LogP contribution in [0, 0.1) is 0 Å². The number of hydrogen-bond donors (Lipinski definition) is 0. The van der Waals surface area contributed by atoms with Crippen molar-refractivity contribution in [3.63, 3.8) is 0 Å². The van der Waals surface area contributed by atoms with E-state index in [9.17, 15) is 13.2 Å². The Kier molecular flexibility index (Phi) is 5.97. The van der Waals surface area contributed by atoms with Gasteiger partial charge in [-0.05, 0) is 35.2 Å². The molecular weight excluding hydrogens is 440 g/mol. The number of benzene rings is 2. The maximum absolute atomic E-state index is 12.7. The third-order valence-corrected chi connectivity index (χ3v) is 9.00. The molecular formula is C22H23ClN2O3S2. The fourth-order valence-electron chi connectivity index (χ4n) is 3.84. The Balaban J connectivity index is 1.64. The van der Waals surface area contributed by atoms with Gasteiger partial charge in [-0.1, -0.05) is 67.5 Å². The fraction of sp³-hybridized carbons (Fsp3) is 0.364. The van der Waals surface area contributed by atoms with Crippen LogP contribution in [-0.4, -0.2) is 42.3 Å². The van der Waals surface area contributed by atoms with E-state index < -0.39 is 9.84 Å². The highest BCUT2D eigenvalue weighted by atomic mass is 35.5. The number of anilines is 1. The summed E-state index contributed by atoms with van der Waals surface area (Å²) in [5.74, 6) is 0.295. The lowest BCUT2D eigenvalue weighted by molar-refractivity contribution is -0.117. The number of nitrogens with zero attached hydrogens (tertiary/aromatic N) is 2. The summed E-state index contributed by atoms with van der Waals surface area (Å²) in [7, 11) is -3.09. The lowest BCUT2D eigenvalue weighted by atomic mass is 10.0. The van der Waals surface area contributed by atoms with E-state index in [1.54, 1.807) is 6.07 Å². The molecule has 2 saturated heterocycles. The lowest BCUT2D eigenvalue weighted by Crippen LogP contribution is -2.37. The molecule has 2 heterocycles. The molecule has 0 spiro atoms. The second-order valence-electron chi connectivity index (χ2n) is 7.97. The summed E-state index contributed by atoms with van der Waals surface area (Å²) in [6.07, 6.45) is 0.109. The number of thioether (sulfide) groups is 1. The zero-order chi connectivity index (χ0) is 21.5. The van der Waals surface area contributed by atoms with Crippen molar-refractivity contribution in [1.82, 2.24) is 0 Å².